The molecule has 0 aliphatic heterocycles. The Bertz CT molecular complexity index is 461. The standard InChI is InChI=1S/C12H14F2N2O2/c1-7(2)12(18)15-6-11(17)16-8-3-4-9(13)10(14)5-8/h3-5,7H,6H2,1-2H3,(H,15,18)(H,16,17). The number of hydrogen-bond acceptors (Lipinski definition) is 2. The highest BCUT2D eigenvalue weighted by Gasteiger charge is 2.10. The van der Waals surface area contributed by atoms with Crippen molar-refractivity contribution >= 4 is 17.5 Å². The molecule has 0 spiro atoms. The third-order valence-corrected chi connectivity index (χ3v) is 2.15. The molecule has 1 rings (SSSR count). The lowest BCUT2D eigenvalue weighted by molar-refractivity contribution is -0.126. The van der Waals surface area contributed by atoms with E-state index in [1.54, 1.807) is 13.8 Å². The SMILES string of the molecule is CC(C)C(=O)NCC(=O)Nc1ccc(F)c(F)c1. The molecule has 0 fully saturated rings. The molecule has 98 valence electrons. The van der Waals surface area contributed by atoms with Crippen molar-refractivity contribution in [1.29, 1.82) is 0 Å². The van der Waals surface area contributed by atoms with E-state index in [1.807, 2.05) is 0 Å². The summed E-state index contributed by atoms with van der Waals surface area (Å²) in [7, 11) is 0. The molecular formula is C12H14F2N2O2. The molecule has 4 nitrogen and oxygen atoms in total. The van der Waals surface area contributed by atoms with Crippen LogP contribution in [-0.2, 0) is 9.59 Å². The van der Waals surface area contributed by atoms with E-state index in [2.05, 4.69) is 10.6 Å². The fraction of sp³-hybridized carbons (Fsp3) is 0.333. The molecule has 0 bridgehead atoms. The first-order chi connectivity index (χ1) is 8.40. The second-order valence-corrected chi connectivity index (χ2v) is 4.05. The van der Waals surface area contributed by atoms with Gasteiger partial charge >= 0.3 is 0 Å². The molecule has 2 amide bonds. The number of hydrogen-bond donors (Lipinski definition) is 2. The van der Waals surface area contributed by atoms with Crippen LogP contribution in [0.2, 0.25) is 0 Å². The third kappa shape index (κ3) is 4.12. The quantitative estimate of drug-likeness (QED) is 0.861. The average Bonchev–Trinajstić information content (AvgIpc) is 2.30. The minimum atomic E-state index is -1.04. The van der Waals surface area contributed by atoms with Crippen molar-refractivity contribution < 1.29 is 18.4 Å². The zero-order valence-electron chi connectivity index (χ0n) is 10.1. The molecule has 1 aromatic rings. The van der Waals surface area contributed by atoms with Crippen molar-refractivity contribution in [1.82, 2.24) is 5.32 Å². The highest BCUT2D eigenvalue weighted by molar-refractivity contribution is 5.94. The van der Waals surface area contributed by atoms with Crippen molar-refractivity contribution in [2.24, 2.45) is 5.92 Å². The maximum atomic E-state index is 12.9. The molecular weight excluding hydrogens is 242 g/mol. The summed E-state index contributed by atoms with van der Waals surface area (Å²) in [4.78, 5) is 22.6. The van der Waals surface area contributed by atoms with Gasteiger partial charge in [0, 0.05) is 17.7 Å². The Hall–Kier alpha value is -1.98. The predicted molar refractivity (Wildman–Crippen MR) is 62.8 cm³/mol. The average molecular weight is 256 g/mol. The van der Waals surface area contributed by atoms with Gasteiger partial charge in [-0.15, -0.1) is 0 Å². The smallest absolute Gasteiger partial charge is 0.243 e. The second-order valence-electron chi connectivity index (χ2n) is 4.05. The molecule has 1 aromatic carbocycles. The number of anilines is 1. The second kappa shape index (κ2) is 6.09. The van der Waals surface area contributed by atoms with Gasteiger partial charge < -0.3 is 10.6 Å². The molecule has 0 unspecified atom stereocenters. The van der Waals surface area contributed by atoms with Crippen LogP contribution in [0, 0.1) is 17.6 Å². The van der Waals surface area contributed by atoms with E-state index in [-0.39, 0.29) is 24.1 Å². The van der Waals surface area contributed by atoms with Crippen LogP contribution in [0.3, 0.4) is 0 Å². The Morgan fingerprint density at radius 3 is 2.44 bits per heavy atom. The van der Waals surface area contributed by atoms with Crippen LogP contribution in [-0.4, -0.2) is 18.4 Å². The van der Waals surface area contributed by atoms with E-state index < -0.39 is 17.5 Å². The topological polar surface area (TPSA) is 58.2 Å². The maximum absolute atomic E-state index is 12.9. The molecule has 0 atom stereocenters. The summed E-state index contributed by atoms with van der Waals surface area (Å²) in [5, 5.41) is 4.75. The summed E-state index contributed by atoms with van der Waals surface area (Å²) in [6.07, 6.45) is 0. The molecule has 0 aromatic heterocycles. The highest BCUT2D eigenvalue weighted by Crippen LogP contribution is 2.12. The maximum Gasteiger partial charge on any atom is 0.243 e. The molecule has 0 saturated carbocycles. The number of rotatable bonds is 4. The largest absolute Gasteiger partial charge is 0.347 e. The van der Waals surface area contributed by atoms with Gasteiger partial charge in [0.15, 0.2) is 11.6 Å². The number of halogens is 2. The van der Waals surface area contributed by atoms with Crippen LogP contribution in [0.5, 0.6) is 0 Å². The summed E-state index contributed by atoms with van der Waals surface area (Å²) in [6, 6.07) is 3.02. The normalized spacial score (nSPS) is 10.3. The fourth-order valence-electron chi connectivity index (χ4n) is 1.15. The zero-order valence-corrected chi connectivity index (χ0v) is 10.1. The highest BCUT2D eigenvalue weighted by atomic mass is 19.2. The van der Waals surface area contributed by atoms with E-state index in [1.165, 1.54) is 6.07 Å². The molecule has 2 N–H and O–H groups in total. The first-order valence-corrected chi connectivity index (χ1v) is 5.42. The summed E-state index contributed by atoms with van der Waals surface area (Å²) < 4.78 is 25.5. The van der Waals surface area contributed by atoms with Crippen molar-refractivity contribution in [3.05, 3.63) is 29.8 Å². The minimum absolute atomic E-state index is 0.137. The van der Waals surface area contributed by atoms with E-state index in [0.29, 0.717) is 0 Å². The number of benzene rings is 1. The van der Waals surface area contributed by atoms with Crippen LogP contribution in [0.1, 0.15) is 13.8 Å². The third-order valence-electron chi connectivity index (χ3n) is 2.15. The fourth-order valence-corrected chi connectivity index (χ4v) is 1.15. The predicted octanol–water partition coefficient (Wildman–Crippen LogP) is 1.68. The van der Waals surface area contributed by atoms with Gasteiger partial charge in [0.05, 0.1) is 6.54 Å². The lowest BCUT2D eigenvalue weighted by atomic mass is 10.2. The van der Waals surface area contributed by atoms with Crippen LogP contribution < -0.4 is 10.6 Å². The molecule has 0 saturated heterocycles. The molecule has 0 heterocycles. The van der Waals surface area contributed by atoms with E-state index in [9.17, 15) is 18.4 Å². The summed E-state index contributed by atoms with van der Waals surface area (Å²) in [5.41, 5.74) is 0.137. The van der Waals surface area contributed by atoms with Gasteiger partial charge in [0.1, 0.15) is 0 Å². The Kier molecular flexibility index (Phi) is 4.76. The lowest BCUT2D eigenvalue weighted by Gasteiger charge is -2.08. The Morgan fingerprint density at radius 1 is 1.22 bits per heavy atom. The molecule has 6 heteroatoms. The van der Waals surface area contributed by atoms with Gasteiger partial charge in [-0.2, -0.15) is 0 Å². The van der Waals surface area contributed by atoms with E-state index in [0.717, 1.165) is 12.1 Å². The van der Waals surface area contributed by atoms with Crippen molar-refractivity contribution in [2.75, 3.05) is 11.9 Å². The zero-order chi connectivity index (χ0) is 13.7. The van der Waals surface area contributed by atoms with E-state index >= 15 is 0 Å². The van der Waals surface area contributed by atoms with Gasteiger partial charge in [0.25, 0.3) is 0 Å². The van der Waals surface area contributed by atoms with E-state index in [4.69, 9.17) is 0 Å². The molecule has 0 aliphatic rings. The number of carbonyl (C=O) groups excluding carboxylic acids is 2. The molecule has 0 radical (unpaired) electrons. The van der Waals surface area contributed by atoms with Gasteiger partial charge in [-0.25, -0.2) is 8.78 Å². The number of amides is 2. The molecule has 0 aliphatic carbocycles. The first kappa shape index (κ1) is 14.1. The van der Waals surface area contributed by atoms with Crippen LogP contribution in [0.25, 0.3) is 0 Å². The van der Waals surface area contributed by atoms with Crippen molar-refractivity contribution in [2.45, 2.75) is 13.8 Å². The summed E-state index contributed by atoms with van der Waals surface area (Å²) >= 11 is 0. The number of carbonyl (C=O) groups is 2. The monoisotopic (exact) mass is 256 g/mol. The number of nitrogens with one attached hydrogen (secondary N) is 2. The Morgan fingerprint density at radius 2 is 1.89 bits per heavy atom. The van der Waals surface area contributed by atoms with Crippen molar-refractivity contribution in [3.8, 4) is 0 Å². The summed E-state index contributed by atoms with van der Waals surface area (Å²) in [5.74, 6) is -3.01. The van der Waals surface area contributed by atoms with Gasteiger partial charge in [-0.1, -0.05) is 13.8 Å². The van der Waals surface area contributed by atoms with Gasteiger partial charge in [-0.3, -0.25) is 9.59 Å². The van der Waals surface area contributed by atoms with Crippen LogP contribution in [0.4, 0.5) is 14.5 Å². The molecule has 18 heavy (non-hydrogen) atoms. The minimum Gasteiger partial charge on any atom is -0.347 e. The van der Waals surface area contributed by atoms with Gasteiger partial charge in [-0.05, 0) is 12.1 Å². The first-order valence-electron chi connectivity index (χ1n) is 5.42. The van der Waals surface area contributed by atoms with Crippen LogP contribution >= 0.6 is 0 Å². The Labute approximate surface area is 103 Å². The Balaban J connectivity index is 2.49. The van der Waals surface area contributed by atoms with Crippen molar-refractivity contribution in [3.63, 3.8) is 0 Å². The van der Waals surface area contributed by atoms with Crippen LogP contribution in [0.15, 0.2) is 18.2 Å². The van der Waals surface area contributed by atoms with Gasteiger partial charge in [0.2, 0.25) is 11.8 Å². The summed E-state index contributed by atoms with van der Waals surface area (Å²) in [6.45, 7) is 3.18. The lowest BCUT2D eigenvalue weighted by Crippen LogP contribution is -2.35.